The number of nitrogens with zero attached hydrogens (tertiary/aromatic N) is 6. The number of alkyl carbamates (subject to hydrolysis) is 1. The third-order valence-corrected chi connectivity index (χ3v) is 10.6. The van der Waals surface area contributed by atoms with Gasteiger partial charge in [-0.25, -0.2) is 9.18 Å². The predicted octanol–water partition coefficient (Wildman–Crippen LogP) is 5.70. The van der Waals surface area contributed by atoms with Crippen molar-refractivity contribution in [2.45, 2.75) is 62.8 Å². The number of likely N-dealkylation sites (tertiary alicyclic amines) is 1. The first-order valence-corrected chi connectivity index (χ1v) is 16.6. The Morgan fingerprint density at radius 1 is 1.08 bits per heavy atom. The number of hydrogen-bond acceptors (Lipinski definition) is 7. The number of anilines is 1. The molecule has 1 aliphatic carbocycles. The van der Waals surface area contributed by atoms with Crippen LogP contribution in [0.4, 0.5) is 28.0 Å². The van der Waals surface area contributed by atoms with E-state index in [1.165, 1.54) is 30.1 Å². The second-order valence-electron chi connectivity index (χ2n) is 13.5. The fraction of sp³-hybridized carbons (Fsp3) is 0.543. The van der Waals surface area contributed by atoms with E-state index in [-0.39, 0.29) is 24.2 Å². The normalized spacial score (nSPS) is 22.1. The monoisotopic (exact) mass is 667 g/mol. The molecule has 0 spiro atoms. The highest BCUT2D eigenvalue weighted by Crippen LogP contribution is 2.52. The topological polar surface area (TPSA) is 99.3 Å². The molecule has 3 aliphatic rings. The summed E-state index contributed by atoms with van der Waals surface area (Å²) in [5, 5.41) is 19.3. The van der Waals surface area contributed by atoms with Crippen molar-refractivity contribution in [3.8, 4) is 6.07 Å². The maximum Gasteiger partial charge on any atom is 0.407 e. The number of benzene rings is 2. The SMILES string of the molecule is CNC(=O)OC1CCCC1C(Cn1cnnc1CC(F)(F)F)(c1cccc(F)c1)C1CCN(CC2CN(c3ccc(C#N)cc3)C2)CC1. The van der Waals surface area contributed by atoms with Crippen molar-refractivity contribution in [1.82, 2.24) is 25.0 Å². The molecule has 13 heteroatoms. The van der Waals surface area contributed by atoms with Crippen molar-refractivity contribution < 1.29 is 27.1 Å². The first kappa shape index (κ1) is 33.7. The fourth-order valence-corrected chi connectivity index (χ4v) is 8.37. The summed E-state index contributed by atoms with van der Waals surface area (Å²) in [5.74, 6) is -0.423. The summed E-state index contributed by atoms with van der Waals surface area (Å²) in [6.07, 6.45) is -1.84. The van der Waals surface area contributed by atoms with Crippen molar-refractivity contribution in [1.29, 1.82) is 5.26 Å². The maximum atomic E-state index is 15.0. The van der Waals surface area contributed by atoms with Crippen LogP contribution < -0.4 is 10.2 Å². The molecule has 1 saturated carbocycles. The summed E-state index contributed by atoms with van der Waals surface area (Å²) in [4.78, 5) is 17.2. The summed E-state index contributed by atoms with van der Waals surface area (Å²) >= 11 is 0. The van der Waals surface area contributed by atoms with Crippen LogP contribution in [-0.4, -0.2) is 77.8 Å². The van der Waals surface area contributed by atoms with Gasteiger partial charge in [-0.1, -0.05) is 12.1 Å². The molecule has 0 bridgehead atoms. The number of rotatable bonds is 10. The lowest BCUT2D eigenvalue weighted by atomic mass is 9.58. The van der Waals surface area contributed by atoms with Gasteiger partial charge < -0.3 is 24.4 Å². The highest BCUT2D eigenvalue weighted by atomic mass is 19.4. The molecule has 3 unspecified atom stereocenters. The van der Waals surface area contributed by atoms with E-state index < -0.39 is 36.0 Å². The van der Waals surface area contributed by atoms with Gasteiger partial charge in [0.15, 0.2) is 0 Å². The number of carbonyl (C=O) groups excluding carboxylic acids is 1. The third-order valence-electron chi connectivity index (χ3n) is 10.6. The standard InChI is InChI=1S/C35H41F4N7O2/c1-41-33(47)48-31-7-3-6-30(31)34(27-4-2-5-28(36)16-27,22-46-23-42-43-32(46)17-35(37,38)39)26-12-14-44(15-13-26)19-25-20-45(21-25)29-10-8-24(18-40)9-11-29/h2,4-5,8-11,16,23,25-26,30-31H,3,6-7,12-15,17,19-22H2,1H3,(H,41,47). The maximum absolute atomic E-state index is 15.0. The summed E-state index contributed by atoms with van der Waals surface area (Å²) in [5.41, 5.74) is 1.59. The zero-order valence-electron chi connectivity index (χ0n) is 27.0. The number of aromatic nitrogens is 3. The molecule has 6 rings (SSSR count). The minimum absolute atomic E-state index is 0.0351. The smallest absolute Gasteiger partial charge is 0.407 e. The van der Waals surface area contributed by atoms with Crippen molar-refractivity contribution >= 4 is 11.8 Å². The van der Waals surface area contributed by atoms with Gasteiger partial charge in [-0.05, 0) is 93.1 Å². The van der Waals surface area contributed by atoms with Crippen molar-refractivity contribution in [2.24, 2.45) is 17.8 Å². The molecule has 1 aromatic heterocycles. The van der Waals surface area contributed by atoms with Crippen LogP contribution in [-0.2, 0) is 23.1 Å². The first-order valence-electron chi connectivity index (χ1n) is 16.6. The number of halogens is 4. The zero-order valence-corrected chi connectivity index (χ0v) is 27.0. The molecular formula is C35H41F4N7O2. The Morgan fingerprint density at radius 2 is 1.83 bits per heavy atom. The van der Waals surface area contributed by atoms with Crippen LogP contribution in [0.1, 0.15) is 49.1 Å². The van der Waals surface area contributed by atoms with Gasteiger partial charge in [0.2, 0.25) is 0 Å². The number of piperidine rings is 1. The molecule has 3 heterocycles. The van der Waals surface area contributed by atoms with E-state index in [2.05, 4.69) is 31.4 Å². The van der Waals surface area contributed by atoms with Crippen molar-refractivity contribution in [3.63, 3.8) is 0 Å². The van der Waals surface area contributed by atoms with Crippen LogP contribution >= 0.6 is 0 Å². The molecule has 2 aromatic carbocycles. The predicted molar refractivity (Wildman–Crippen MR) is 171 cm³/mol. The van der Waals surface area contributed by atoms with E-state index in [0.717, 1.165) is 57.7 Å². The largest absolute Gasteiger partial charge is 0.446 e. The molecule has 2 aliphatic heterocycles. The van der Waals surface area contributed by atoms with Crippen molar-refractivity contribution in [2.75, 3.05) is 44.7 Å². The van der Waals surface area contributed by atoms with Crippen LogP contribution in [0.3, 0.4) is 0 Å². The van der Waals surface area contributed by atoms with Crippen molar-refractivity contribution in [3.05, 3.63) is 77.6 Å². The van der Waals surface area contributed by atoms with Crippen LogP contribution in [0.5, 0.6) is 0 Å². The van der Waals surface area contributed by atoms with E-state index in [9.17, 15) is 18.0 Å². The minimum Gasteiger partial charge on any atom is -0.446 e. The van der Waals surface area contributed by atoms with E-state index in [0.29, 0.717) is 29.9 Å². The first-order chi connectivity index (χ1) is 23.1. The average molecular weight is 668 g/mol. The van der Waals surface area contributed by atoms with Gasteiger partial charge in [0.25, 0.3) is 0 Å². The third kappa shape index (κ3) is 7.28. The molecule has 3 atom stereocenters. The molecule has 48 heavy (non-hydrogen) atoms. The number of hydrogen-bond donors (Lipinski definition) is 1. The average Bonchev–Trinajstić information content (AvgIpc) is 3.70. The van der Waals surface area contributed by atoms with E-state index in [1.807, 2.05) is 30.3 Å². The second kappa shape index (κ2) is 14.1. The van der Waals surface area contributed by atoms with E-state index >= 15 is 4.39 Å². The molecule has 1 N–H and O–H groups in total. The number of alkyl halides is 3. The molecule has 256 valence electrons. The van der Waals surface area contributed by atoms with Gasteiger partial charge in [-0.2, -0.15) is 18.4 Å². The Balaban J connectivity index is 1.26. The summed E-state index contributed by atoms with van der Waals surface area (Å²) < 4.78 is 63.3. The Kier molecular flexibility index (Phi) is 9.92. The lowest BCUT2D eigenvalue weighted by Gasteiger charge is -2.51. The quantitative estimate of drug-likeness (QED) is 0.277. The molecular weight excluding hydrogens is 626 g/mol. The summed E-state index contributed by atoms with van der Waals surface area (Å²) in [6.45, 7) is 4.48. The minimum atomic E-state index is -4.48. The number of amides is 1. The summed E-state index contributed by atoms with van der Waals surface area (Å²) in [6, 6.07) is 16.2. The highest BCUT2D eigenvalue weighted by Gasteiger charge is 2.53. The lowest BCUT2D eigenvalue weighted by Crippen LogP contribution is -2.55. The van der Waals surface area contributed by atoms with Gasteiger partial charge in [-0.3, -0.25) is 0 Å². The van der Waals surface area contributed by atoms with Gasteiger partial charge in [0.05, 0.1) is 11.6 Å². The Hall–Kier alpha value is -4.18. The number of carbonyl (C=O) groups is 1. The van der Waals surface area contributed by atoms with E-state index in [4.69, 9.17) is 10.00 Å². The Morgan fingerprint density at radius 3 is 2.50 bits per heavy atom. The van der Waals surface area contributed by atoms with Crippen LogP contribution in [0.15, 0.2) is 54.9 Å². The molecule has 0 radical (unpaired) electrons. The number of ether oxygens (including phenoxy) is 1. The molecule has 1 amide bonds. The molecule has 3 fully saturated rings. The van der Waals surface area contributed by atoms with Crippen LogP contribution in [0, 0.1) is 34.9 Å². The van der Waals surface area contributed by atoms with Crippen LogP contribution in [0.25, 0.3) is 0 Å². The van der Waals surface area contributed by atoms with E-state index in [1.54, 1.807) is 6.07 Å². The number of nitrogens with one attached hydrogen (secondary N) is 1. The molecule has 2 saturated heterocycles. The Labute approximate surface area is 277 Å². The highest BCUT2D eigenvalue weighted by molar-refractivity contribution is 5.67. The van der Waals surface area contributed by atoms with Crippen LogP contribution in [0.2, 0.25) is 0 Å². The summed E-state index contributed by atoms with van der Waals surface area (Å²) in [7, 11) is 1.49. The zero-order chi connectivity index (χ0) is 33.9. The lowest BCUT2D eigenvalue weighted by molar-refractivity contribution is -0.129. The fourth-order valence-electron chi connectivity index (χ4n) is 8.37. The molecule has 3 aromatic rings. The van der Waals surface area contributed by atoms with Gasteiger partial charge in [0, 0.05) is 56.2 Å². The van der Waals surface area contributed by atoms with Gasteiger partial charge >= 0.3 is 12.3 Å². The Bertz CT molecular complexity index is 1590. The van der Waals surface area contributed by atoms with Gasteiger partial charge in [0.1, 0.15) is 30.5 Å². The second-order valence-corrected chi connectivity index (χ2v) is 13.5. The number of nitriles is 1. The van der Waals surface area contributed by atoms with Gasteiger partial charge in [-0.15, -0.1) is 10.2 Å². The molecule has 9 nitrogen and oxygen atoms in total.